The van der Waals surface area contributed by atoms with Crippen molar-refractivity contribution < 1.29 is 9.53 Å². The van der Waals surface area contributed by atoms with E-state index in [-0.39, 0.29) is 18.1 Å². The smallest absolute Gasteiger partial charge is 0.257 e. The van der Waals surface area contributed by atoms with E-state index in [0.717, 1.165) is 62.0 Å². The Morgan fingerprint density at radius 3 is 2.63 bits per heavy atom. The Kier molecular flexibility index (Phi) is 7.87. The van der Waals surface area contributed by atoms with Crippen LogP contribution in [0.3, 0.4) is 0 Å². The normalized spacial score (nSPS) is 15.4. The number of benzene rings is 1. The standard InChI is InChI=1S/C23H34N4O3/c1-4-9-27-21-16-19(6-7-20(21)18(2)15-23(27)29)30-17-22(28)24-8-5-10-26-13-11-25(3)12-14-26/h6-7,15-16H,4-5,8-14,17H2,1-3H3,(H,24,28). The Bertz CT molecular complexity index is 917. The summed E-state index contributed by atoms with van der Waals surface area (Å²) in [5.41, 5.74) is 1.80. The van der Waals surface area contributed by atoms with E-state index >= 15 is 0 Å². The van der Waals surface area contributed by atoms with Crippen LogP contribution in [0.4, 0.5) is 0 Å². The number of carbonyl (C=O) groups is 1. The summed E-state index contributed by atoms with van der Waals surface area (Å²) in [6.45, 7) is 10.7. The minimum Gasteiger partial charge on any atom is -0.484 e. The zero-order valence-corrected chi connectivity index (χ0v) is 18.4. The Hall–Kier alpha value is -2.38. The number of rotatable bonds is 9. The average Bonchev–Trinajstić information content (AvgIpc) is 2.74. The maximum Gasteiger partial charge on any atom is 0.257 e. The largest absolute Gasteiger partial charge is 0.484 e. The zero-order valence-electron chi connectivity index (χ0n) is 18.4. The monoisotopic (exact) mass is 414 g/mol. The van der Waals surface area contributed by atoms with Crippen LogP contribution in [0.5, 0.6) is 5.75 Å². The summed E-state index contributed by atoms with van der Waals surface area (Å²) < 4.78 is 7.48. The number of piperazine rings is 1. The molecule has 0 saturated carbocycles. The molecule has 1 amide bonds. The van der Waals surface area contributed by atoms with E-state index in [4.69, 9.17) is 4.74 Å². The van der Waals surface area contributed by atoms with Crippen molar-refractivity contribution in [3.05, 3.63) is 40.2 Å². The second-order valence-electron chi connectivity index (χ2n) is 8.13. The summed E-state index contributed by atoms with van der Waals surface area (Å²) in [5, 5.41) is 3.96. The van der Waals surface area contributed by atoms with Gasteiger partial charge >= 0.3 is 0 Å². The van der Waals surface area contributed by atoms with Crippen molar-refractivity contribution in [2.45, 2.75) is 33.2 Å². The SMILES string of the molecule is CCCn1c(=O)cc(C)c2ccc(OCC(=O)NCCCN3CCN(C)CC3)cc21. The molecule has 0 aliphatic carbocycles. The topological polar surface area (TPSA) is 66.8 Å². The summed E-state index contributed by atoms with van der Waals surface area (Å²) in [6.07, 6.45) is 1.81. The lowest BCUT2D eigenvalue weighted by molar-refractivity contribution is -0.123. The molecule has 1 aromatic heterocycles. The minimum absolute atomic E-state index is 0.00269. The van der Waals surface area contributed by atoms with E-state index in [9.17, 15) is 9.59 Å². The van der Waals surface area contributed by atoms with Crippen molar-refractivity contribution in [2.24, 2.45) is 0 Å². The fourth-order valence-electron chi connectivity index (χ4n) is 3.87. The number of hydrogen-bond acceptors (Lipinski definition) is 5. The quantitative estimate of drug-likeness (QED) is 0.635. The highest BCUT2D eigenvalue weighted by molar-refractivity contribution is 5.84. The van der Waals surface area contributed by atoms with Gasteiger partial charge in [-0.3, -0.25) is 9.59 Å². The van der Waals surface area contributed by atoms with Crippen LogP contribution in [0.15, 0.2) is 29.1 Å². The fraction of sp³-hybridized carbons (Fsp3) is 0.565. The third-order valence-corrected chi connectivity index (χ3v) is 5.68. The first-order valence-corrected chi connectivity index (χ1v) is 10.9. The van der Waals surface area contributed by atoms with Crippen molar-refractivity contribution in [3.8, 4) is 5.75 Å². The van der Waals surface area contributed by atoms with Crippen molar-refractivity contribution in [1.82, 2.24) is 19.7 Å². The Morgan fingerprint density at radius 1 is 1.13 bits per heavy atom. The van der Waals surface area contributed by atoms with Crippen LogP contribution < -0.4 is 15.6 Å². The van der Waals surface area contributed by atoms with Crippen LogP contribution in [0, 0.1) is 6.92 Å². The number of nitrogens with zero attached hydrogens (tertiary/aromatic N) is 3. The van der Waals surface area contributed by atoms with Gasteiger partial charge in [-0.2, -0.15) is 0 Å². The zero-order chi connectivity index (χ0) is 21.5. The maximum absolute atomic E-state index is 12.4. The summed E-state index contributed by atoms with van der Waals surface area (Å²) in [6, 6.07) is 7.35. The lowest BCUT2D eigenvalue weighted by atomic mass is 10.1. The second kappa shape index (κ2) is 10.6. The van der Waals surface area contributed by atoms with Gasteiger partial charge in [0.1, 0.15) is 5.75 Å². The maximum atomic E-state index is 12.4. The predicted molar refractivity (Wildman–Crippen MR) is 120 cm³/mol. The molecule has 1 N–H and O–H groups in total. The average molecular weight is 415 g/mol. The molecule has 7 heteroatoms. The van der Waals surface area contributed by atoms with Gasteiger partial charge in [0.2, 0.25) is 0 Å². The molecule has 0 radical (unpaired) electrons. The summed E-state index contributed by atoms with van der Waals surface area (Å²) in [4.78, 5) is 29.3. The number of carbonyl (C=O) groups excluding carboxylic acids is 1. The molecule has 7 nitrogen and oxygen atoms in total. The molecule has 1 aliphatic rings. The third-order valence-electron chi connectivity index (χ3n) is 5.68. The molecule has 2 aromatic rings. The van der Waals surface area contributed by atoms with E-state index in [0.29, 0.717) is 18.8 Å². The van der Waals surface area contributed by atoms with Gasteiger partial charge in [0.15, 0.2) is 6.61 Å². The predicted octanol–water partition coefficient (Wildman–Crippen LogP) is 1.85. The Balaban J connectivity index is 1.49. The van der Waals surface area contributed by atoms with Crippen molar-refractivity contribution in [2.75, 3.05) is 52.9 Å². The van der Waals surface area contributed by atoms with Gasteiger partial charge in [0.25, 0.3) is 11.5 Å². The van der Waals surface area contributed by atoms with Crippen LogP contribution in [-0.2, 0) is 11.3 Å². The molecule has 1 aromatic carbocycles. The number of fused-ring (bicyclic) bond motifs is 1. The number of pyridine rings is 1. The first kappa shape index (κ1) is 22.3. The van der Waals surface area contributed by atoms with E-state index in [1.807, 2.05) is 32.0 Å². The highest BCUT2D eigenvalue weighted by Gasteiger charge is 2.13. The third kappa shape index (κ3) is 5.83. The fourth-order valence-corrected chi connectivity index (χ4v) is 3.87. The highest BCUT2D eigenvalue weighted by atomic mass is 16.5. The molecule has 0 spiro atoms. The van der Waals surface area contributed by atoms with Gasteiger partial charge in [-0.1, -0.05) is 6.92 Å². The molecule has 1 saturated heterocycles. The molecule has 0 bridgehead atoms. The number of amides is 1. The first-order valence-electron chi connectivity index (χ1n) is 10.9. The molecule has 30 heavy (non-hydrogen) atoms. The van der Waals surface area contributed by atoms with Gasteiger partial charge < -0.3 is 24.4 Å². The number of aryl methyl sites for hydroxylation is 2. The van der Waals surface area contributed by atoms with E-state index in [1.165, 1.54) is 0 Å². The molecular formula is C23H34N4O3. The minimum atomic E-state index is -0.122. The highest BCUT2D eigenvalue weighted by Crippen LogP contribution is 2.22. The molecule has 3 rings (SSSR count). The second-order valence-corrected chi connectivity index (χ2v) is 8.13. The molecule has 2 heterocycles. The van der Waals surface area contributed by atoms with Crippen LogP contribution in [-0.4, -0.2) is 73.2 Å². The van der Waals surface area contributed by atoms with Gasteiger partial charge in [0, 0.05) is 56.8 Å². The first-order chi connectivity index (χ1) is 14.5. The van der Waals surface area contributed by atoms with Crippen molar-refractivity contribution in [3.63, 3.8) is 0 Å². The summed E-state index contributed by atoms with van der Waals surface area (Å²) >= 11 is 0. The van der Waals surface area contributed by atoms with Crippen LogP contribution in [0.2, 0.25) is 0 Å². The van der Waals surface area contributed by atoms with E-state index < -0.39 is 0 Å². The lowest BCUT2D eigenvalue weighted by Crippen LogP contribution is -2.45. The van der Waals surface area contributed by atoms with Crippen molar-refractivity contribution >= 4 is 16.8 Å². The number of aromatic nitrogens is 1. The Morgan fingerprint density at radius 2 is 1.90 bits per heavy atom. The molecule has 1 fully saturated rings. The molecule has 0 unspecified atom stereocenters. The summed E-state index contributed by atoms with van der Waals surface area (Å²) in [5.74, 6) is 0.480. The molecule has 0 atom stereocenters. The van der Waals surface area contributed by atoms with Crippen molar-refractivity contribution in [1.29, 1.82) is 0 Å². The summed E-state index contributed by atoms with van der Waals surface area (Å²) in [7, 11) is 2.15. The number of hydrogen-bond donors (Lipinski definition) is 1. The molecule has 164 valence electrons. The van der Waals surface area contributed by atoms with Gasteiger partial charge in [-0.25, -0.2) is 0 Å². The number of nitrogens with one attached hydrogen (secondary N) is 1. The van der Waals surface area contributed by atoms with Gasteiger partial charge in [0.05, 0.1) is 5.52 Å². The Labute approximate surface area is 178 Å². The van der Waals surface area contributed by atoms with Gasteiger partial charge in [-0.15, -0.1) is 0 Å². The van der Waals surface area contributed by atoms with Crippen LogP contribution >= 0.6 is 0 Å². The molecular weight excluding hydrogens is 380 g/mol. The van der Waals surface area contributed by atoms with Gasteiger partial charge in [-0.05, 0) is 51.1 Å². The lowest BCUT2D eigenvalue weighted by Gasteiger charge is -2.32. The van der Waals surface area contributed by atoms with E-state index in [1.54, 1.807) is 10.6 Å². The number of ether oxygens (including phenoxy) is 1. The van der Waals surface area contributed by atoms with Crippen LogP contribution in [0.1, 0.15) is 25.3 Å². The molecule has 1 aliphatic heterocycles. The van der Waals surface area contributed by atoms with Crippen LogP contribution in [0.25, 0.3) is 10.9 Å². The van der Waals surface area contributed by atoms with E-state index in [2.05, 4.69) is 22.2 Å². The number of likely N-dealkylation sites (N-methyl/N-ethyl adjacent to an activating group) is 1.